The summed E-state index contributed by atoms with van der Waals surface area (Å²) in [4.78, 5) is 32.5. The molecule has 0 aliphatic carbocycles. The molecule has 0 saturated carbocycles. The van der Waals surface area contributed by atoms with Crippen LogP contribution in [0.2, 0.25) is 0 Å². The minimum atomic E-state index is -0.653. The van der Waals surface area contributed by atoms with Crippen LogP contribution in [-0.2, 0) is 18.4 Å². The van der Waals surface area contributed by atoms with Gasteiger partial charge in [0.1, 0.15) is 16.9 Å². The summed E-state index contributed by atoms with van der Waals surface area (Å²) in [6, 6.07) is 4.43. The average molecular weight is 385 g/mol. The van der Waals surface area contributed by atoms with E-state index in [1.165, 1.54) is 45.4 Å². The first-order valence-electron chi connectivity index (χ1n) is 8.27. The zero-order chi connectivity index (χ0) is 19.1. The molecule has 1 aromatic carbocycles. The second-order valence-corrected chi connectivity index (χ2v) is 7.13. The monoisotopic (exact) mass is 385 g/mol. The molecule has 0 radical (unpaired) electrons. The van der Waals surface area contributed by atoms with E-state index >= 15 is 0 Å². The molecular formula is C18H16FN5O2S. The van der Waals surface area contributed by atoms with Gasteiger partial charge in [-0.2, -0.15) is 5.10 Å². The lowest BCUT2D eigenvalue weighted by Crippen LogP contribution is -2.33. The largest absolute Gasteiger partial charge is 0.332 e. The fourth-order valence-corrected chi connectivity index (χ4v) is 3.80. The van der Waals surface area contributed by atoms with Crippen LogP contribution in [0.1, 0.15) is 12.6 Å². The second-order valence-electron chi connectivity index (χ2n) is 6.28. The quantitative estimate of drug-likeness (QED) is 0.647. The summed E-state index contributed by atoms with van der Waals surface area (Å²) in [5.74, 6) is -0.702. The van der Waals surface area contributed by atoms with E-state index < -0.39 is 17.9 Å². The zero-order valence-electron chi connectivity index (χ0n) is 14.7. The molecule has 1 aliphatic heterocycles. The lowest BCUT2D eigenvalue weighted by Gasteiger charge is -2.19. The van der Waals surface area contributed by atoms with E-state index in [0.29, 0.717) is 11.4 Å². The van der Waals surface area contributed by atoms with Gasteiger partial charge in [-0.3, -0.25) is 19.3 Å². The minimum Gasteiger partial charge on any atom is -0.282 e. The van der Waals surface area contributed by atoms with Gasteiger partial charge < -0.3 is 0 Å². The van der Waals surface area contributed by atoms with Gasteiger partial charge in [0, 0.05) is 29.9 Å². The van der Waals surface area contributed by atoms with Gasteiger partial charge in [0.05, 0.1) is 18.4 Å². The Balaban J connectivity index is 1.56. The van der Waals surface area contributed by atoms with Gasteiger partial charge >= 0.3 is 6.03 Å². The summed E-state index contributed by atoms with van der Waals surface area (Å²) in [5.41, 5.74) is 2.00. The van der Waals surface area contributed by atoms with Crippen LogP contribution in [-0.4, -0.2) is 37.6 Å². The van der Waals surface area contributed by atoms with Gasteiger partial charge in [-0.25, -0.2) is 14.2 Å². The van der Waals surface area contributed by atoms with E-state index in [-0.39, 0.29) is 12.5 Å². The number of urea groups is 1. The van der Waals surface area contributed by atoms with Crippen molar-refractivity contribution in [1.29, 1.82) is 0 Å². The molecule has 1 unspecified atom stereocenters. The molecule has 1 atom stereocenters. The molecular weight excluding hydrogens is 369 g/mol. The van der Waals surface area contributed by atoms with Crippen molar-refractivity contribution in [3.05, 3.63) is 53.6 Å². The number of nitrogens with zero attached hydrogens (tertiary/aromatic N) is 5. The Bertz CT molecular complexity index is 1010. The maximum absolute atomic E-state index is 13.2. The van der Waals surface area contributed by atoms with Crippen molar-refractivity contribution in [1.82, 2.24) is 19.7 Å². The SMILES string of the molecule is CC1C(=O)N(Cc2csc(-c3cnn(C)c3)n2)C(=O)N1c1ccc(F)cc1. The fraction of sp³-hybridized carbons (Fsp3) is 0.222. The number of anilines is 1. The number of thiazole rings is 1. The Morgan fingerprint density at radius 1 is 1.22 bits per heavy atom. The predicted octanol–water partition coefficient (Wildman–Crippen LogP) is 3.04. The molecule has 0 N–H and O–H groups in total. The van der Waals surface area contributed by atoms with Crippen LogP contribution in [0.3, 0.4) is 0 Å². The molecule has 138 valence electrons. The van der Waals surface area contributed by atoms with Crippen LogP contribution in [0.25, 0.3) is 10.6 Å². The number of carbonyl (C=O) groups is 2. The van der Waals surface area contributed by atoms with E-state index in [9.17, 15) is 14.0 Å². The van der Waals surface area contributed by atoms with Crippen molar-refractivity contribution in [2.24, 2.45) is 7.05 Å². The van der Waals surface area contributed by atoms with Crippen molar-refractivity contribution in [2.75, 3.05) is 4.90 Å². The molecule has 0 spiro atoms. The normalized spacial score (nSPS) is 17.2. The van der Waals surface area contributed by atoms with Crippen LogP contribution >= 0.6 is 11.3 Å². The molecule has 1 fully saturated rings. The van der Waals surface area contributed by atoms with E-state index in [1.807, 2.05) is 18.6 Å². The fourth-order valence-electron chi connectivity index (χ4n) is 3.01. The predicted molar refractivity (Wildman–Crippen MR) is 98.6 cm³/mol. The van der Waals surface area contributed by atoms with Gasteiger partial charge in [0.15, 0.2) is 0 Å². The highest BCUT2D eigenvalue weighted by atomic mass is 32.1. The Morgan fingerprint density at radius 2 is 1.96 bits per heavy atom. The number of hydrogen-bond donors (Lipinski definition) is 0. The summed E-state index contributed by atoms with van der Waals surface area (Å²) in [6.07, 6.45) is 3.57. The average Bonchev–Trinajstić information content (AvgIpc) is 3.33. The number of benzene rings is 1. The van der Waals surface area contributed by atoms with E-state index in [1.54, 1.807) is 17.8 Å². The maximum Gasteiger partial charge on any atom is 0.332 e. The summed E-state index contributed by atoms with van der Waals surface area (Å²) >= 11 is 1.43. The number of imide groups is 1. The molecule has 1 saturated heterocycles. The molecule has 3 amide bonds. The first-order chi connectivity index (χ1) is 12.9. The van der Waals surface area contributed by atoms with Crippen molar-refractivity contribution < 1.29 is 14.0 Å². The smallest absolute Gasteiger partial charge is 0.282 e. The summed E-state index contributed by atoms with van der Waals surface area (Å²) < 4.78 is 14.8. The van der Waals surface area contributed by atoms with Crippen LogP contribution in [0.4, 0.5) is 14.9 Å². The van der Waals surface area contributed by atoms with Crippen molar-refractivity contribution in [3.63, 3.8) is 0 Å². The molecule has 27 heavy (non-hydrogen) atoms. The first kappa shape index (κ1) is 17.3. The van der Waals surface area contributed by atoms with Crippen molar-refractivity contribution in [3.8, 4) is 10.6 Å². The summed E-state index contributed by atoms with van der Waals surface area (Å²) in [7, 11) is 1.82. The van der Waals surface area contributed by atoms with Crippen LogP contribution in [0.15, 0.2) is 42.0 Å². The van der Waals surface area contributed by atoms with Gasteiger partial charge in [-0.05, 0) is 31.2 Å². The number of halogens is 1. The highest BCUT2D eigenvalue weighted by molar-refractivity contribution is 7.13. The lowest BCUT2D eigenvalue weighted by atomic mass is 10.2. The lowest BCUT2D eigenvalue weighted by molar-refractivity contribution is -0.127. The minimum absolute atomic E-state index is 0.0937. The van der Waals surface area contributed by atoms with Gasteiger partial charge in [0.25, 0.3) is 5.91 Å². The van der Waals surface area contributed by atoms with Crippen LogP contribution in [0, 0.1) is 5.82 Å². The molecule has 9 heteroatoms. The van der Waals surface area contributed by atoms with E-state index in [2.05, 4.69) is 10.1 Å². The van der Waals surface area contributed by atoms with Gasteiger partial charge in [-0.15, -0.1) is 11.3 Å². The second kappa shape index (κ2) is 6.58. The molecule has 0 bridgehead atoms. The number of amides is 3. The third-order valence-electron chi connectivity index (χ3n) is 4.38. The van der Waals surface area contributed by atoms with Gasteiger partial charge in [-0.1, -0.05) is 0 Å². The molecule has 3 aromatic rings. The number of carbonyl (C=O) groups excluding carboxylic acids is 2. The Hall–Kier alpha value is -3.07. The molecule has 2 aromatic heterocycles. The highest BCUT2D eigenvalue weighted by Crippen LogP contribution is 2.29. The molecule has 7 nitrogen and oxygen atoms in total. The standard InChI is InChI=1S/C18H16FN5O2S/c1-11-17(25)23(18(26)24(11)15-5-3-13(19)4-6-15)9-14-10-27-16(21-14)12-7-20-22(2)8-12/h3-8,10-11H,9H2,1-2H3. The third kappa shape index (κ3) is 3.10. The van der Waals surface area contributed by atoms with E-state index in [0.717, 1.165) is 10.6 Å². The van der Waals surface area contributed by atoms with Gasteiger partial charge in [0.2, 0.25) is 0 Å². The Labute approximate surface area is 158 Å². The van der Waals surface area contributed by atoms with Crippen LogP contribution < -0.4 is 4.90 Å². The molecule has 1 aliphatic rings. The number of aromatic nitrogens is 3. The molecule has 4 rings (SSSR count). The summed E-state index contributed by atoms with van der Waals surface area (Å²) in [6.45, 7) is 1.75. The third-order valence-corrected chi connectivity index (χ3v) is 5.32. The Kier molecular flexibility index (Phi) is 4.23. The topological polar surface area (TPSA) is 71.3 Å². The highest BCUT2D eigenvalue weighted by Gasteiger charge is 2.43. The molecule has 3 heterocycles. The van der Waals surface area contributed by atoms with Crippen molar-refractivity contribution >= 4 is 29.0 Å². The van der Waals surface area contributed by atoms with E-state index in [4.69, 9.17) is 0 Å². The number of aryl methyl sites for hydroxylation is 1. The van der Waals surface area contributed by atoms with Crippen molar-refractivity contribution in [2.45, 2.75) is 19.5 Å². The maximum atomic E-state index is 13.2. The first-order valence-corrected chi connectivity index (χ1v) is 9.15. The zero-order valence-corrected chi connectivity index (χ0v) is 15.5. The number of hydrogen-bond acceptors (Lipinski definition) is 5. The number of rotatable bonds is 4. The summed E-state index contributed by atoms with van der Waals surface area (Å²) in [5, 5.41) is 6.73. The Morgan fingerprint density at radius 3 is 2.63 bits per heavy atom. The van der Waals surface area contributed by atoms with Crippen LogP contribution in [0.5, 0.6) is 0 Å².